The van der Waals surface area contributed by atoms with E-state index in [9.17, 15) is 0 Å². The predicted molar refractivity (Wildman–Crippen MR) is 78.4 cm³/mol. The molecule has 1 atom stereocenters. The molecule has 6 heteroatoms. The highest BCUT2D eigenvalue weighted by Crippen LogP contribution is 2.10. The van der Waals surface area contributed by atoms with Crippen molar-refractivity contribution in [2.75, 3.05) is 32.8 Å². The minimum atomic E-state index is 0.214. The van der Waals surface area contributed by atoms with E-state index >= 15 is 0 Å². The zero-order valence-electron chi connectivity index (χ0n) is 12.7. The number of morpholine rings is 1. The molecule has 1 saturated heterocycles. The molecular weight excluding hydrogens is 254 g/mol. The molecule has 1 aliphatic heterocycles. The van der Waals surface area contributed by atoms with Crippen LogP contribution in [-0.2, 0) is 17.7 Å². The first kappa shape index (κ1) is 15.4. The van der Waals surface area contributed by atoms with Gasteiger partial charge in [0.25, 0.3) is 0 Å². The van der Waals surface area contributed by atoms with Gasteiger partial charge in [-0.3, -0.25) is 4.90 Å². The molecular formula is C14H27N5O. The second kappa shape index (κ2) is 7.71. The van der Waals surface area contributed by atoms with Crippen LogP contribution in [0, 0.1) is 5.92 Å². The van der Waals surface area contributed by atoms with Gasteiger partial charge >= 0.3 is 0 Å². The number of aromatic nitrogens is 3. The fraction of sp³-hybridized carbons (Fsp3) is 0.857. The van der Waals surface area contributed by atoms with E-state index < -0.39 is 0 Å². The Hall–Kier alpha value is -0.980. The lowest BCUT2D eigenvalue weighted by molar-refractivity contribution is -0.0406. The Bertz CT molecular complexity index is 393. The summed E-state index contributed by atoms with van der Waals surface area (Å²) in [5, 5.41) is 8.35. The van der Waals surface area contributed by atoms with Gasteiger partial charge in [0.05, 0.1) is 24.9 Å². The zero-order chi connectivity index (χ0) is 14.4. The number of rotatable bonds is 7. The quantitative estimate of drug-likeness (QED) is 0.789. The van der Waals surface area contributed by atoms with Crippen molar-refractivity contribution in [1.29, 1.82) is 0 Å². The van der Waals surface area contributed by atoms with Gasteiger partial charge in [0.2, 0.25) is 0 Å². The molecule has 2 rings (SSSR count). The molecule has 114 valence electrons. The SMILES string of the molecule is CC(C)CN1CCOC(Cn2cc(CCCN)nn2)C1. The number of aryl methyl sites for hydroxylation is 1. The summed E-state index contributed by atoms with van der Waals surface area (Å²) in [6, 6.07) is 0. The number of nitrogens with two attached hydrogens (primary N) is 1. The van der Waals surface area contributed by atoms with E-state index in [4.69, 9.17) is 10.5 Å². The Balaban J connectivity index is 1.81. The highest BCUT2D eigenvalue weighted by atomic mass is 16.5. The molecule has 0 bridgehead atoms. The Kier molecular flexibility index (Phi) is 5.94. The molecule has 0 spiro atoms. The van der Waals surface area contributed by atoms with Gasteiger partial charge in [0.15, 0.2) is 0 Å². The van der Waals surface area contributed by atoms with Crippen LogP contribution in [0.15, 0.2) is 6.20 Å². The molecule has 1 aromatic rings. The van der Waals surface area contributed by atoms with Gasteiger partial charge in [-0.1, -0.05) is 19.1 Å². The van der Waals surface area contributed by atoms with Gasteiger partial charge in [-0.2, -0.15) is 0 Å². The van der Waals surface area contributed by atoms with E-state index in [-0.39, 0.29) is 6.10 Å². The normalized spacial score (nSPS) is 20.7. The van der Waals surface area contributed by atoms with Crippen molar-refractivity contribution in [1.82, 2.24) is 19.9 Å². The maximum Gasteiger partial charge on any atom is 0.0898 e. The van der Waals surface area contributed by atoms with Gasteiger partial charge in [0.1, 0.15) is 0 Å². The van der Waals surface area contributed by atoms with Crippen LogP contribution in [-0.4, -0.2) is 58.8 Å². The standard InChI is InChI=1S/C14H27N5O/c1-12(2)8-18-6-7-20-14(10-18)11-19-9-13(16-17-19)4-3-5-15/h9,12,14H,3-8,10-11,15H2,1-2H3. The van der Waals surface area contributed by atoms with Gasteiger partial charge in [-0.25, -0.2) is 4.68 Å². The molecule has 0 aliphatic carbocycles. The van der Waals surface area contributed by atoms with Crippen LogP contribution in [0.25, 0.3) is 0 Å². The van der Waals surface area contributed by atoms with E-state index in [1.54, 1.807) is 0 Å². The minimum absolute atomic E-state index is 0.214. The third-order valence-electron chi connectivity index (χ3n) is 3.46. The second-order valence-corrected chi connectivity index (χ2v) is 5.97. The molecule has 0 saturated carbocycles. The van der Waals surface area contributed by atoms with Crippen molar-refractivity contribution in [2.24, 2.45) is 11.7 Å². The molecule has 1 aliphatic rings. The largest absolute Gasteiger partial charge is 0.374 e. The van der Waals surface area contributed by atoms with E-state index in [1.807, 2.05) is 10.9 Å². The summed E-state index contributed by atoms with van der Waals surface area (Å²) in [5.41, 5.74) is 6.53. The van der Waals surface area contributed by atoms with E-state index in [1.165, 1.54) is 0 Å². The van der Waals surface area contributed by atoms with Crippen molar-refractivity contribution in [3.63, 3.8) is 0 Å². The first-order valence-corrected chi connectivity index (χ1v) is 7.60. The molecule has 1 fully saturated rings. The molecule has 0 aromatic carbocycles. The van der Waals surface area contributed by atoms with Crippen LogP contribution in [0.3, 0.4) is 0 Å². The van der Waals surface area contributed by atoms with Crippen LogP contribution in [0.5, 0.6) is 0 Å². The van der Waals surface area contributed by atoms with Gasteiger partial charge < -0.3 is 10.5 Å². The first-order chi connectivity index (χ1) is 9.67. The molecule has 0 radical (unpaired) electrons. The molecule has 0 amide bonds. The monoisotopic (exact) mass is 281 g/mol. The van der Waals surface area contributed by atoms with E-state index in [0.717, 1.165) is 51.3 Å². The van der Waals surface area contributed by atoms with Crippen LogP contribution < -0.4 is 5.73 Å². The summed E-state index contributed by atoms with van der Waals surface area (Å²) in [6.07, 6.45) is 4.09. The summed E-state index contributed by atoms with van der Waals surface area (Å²) < 4.78 is 7.73. The summed E-state index contributed by atoms with van der Waals surface area (Å²) >= 11 is 0. The van der Waals surface area contributed by atoms with Crippen molar-refractivity contribution in [2.45, 2.75) is 39.3 Å². The lowest BCUT2D eigenvalue weighted by Gasteiger charge is -2.33. The highest BCUT2D eigenvalue weighted by molar-refractivity contribution is 4.92. The smallest absolute Gasteiger partial charge is 0.0898 e. The predicted octanol–water partition coefficient (Wildman–Crippen LogP) is 0.526. The average molecular weight is 281 g/mol. The van der Waals surface area contributed by atoms with Crippen molar-refractivity contribution < 1.29 is 4.74 Å². The van der Waals surface area contributed by atoms with E-state index in [2.05, 4.69) is 29.1 Å². The lowest BCUT2D eigenvalue weighted by atomic mass is 10.2. The highest BCUT2D eigenvalue weighted by Gasteiger charge is 2.21. The molecule has 2 N–H and O–H groups in total. The maximum absolute atomic E-state index is 5.83. The van der Waals surface area contributed by atoms with Crippen molar-refractivity contribution in [3.8, 4) is 0 Å². The summed E-state index contributed by atoms with van der Waals surface area (Å²) in [5.74, 6) is 0.697. The van der Waals surface area contributed by atoms with Crippen molar-refractivity contribution >= 4 is 0 Å². The van der Waals surface area contributed by atoms with E-state index in [0.29, 0.717) is 12.5 Å². The van der Waals surface area contributed by atoms with Gasteiger partial charge in [-0.05, 0) is 25.3 Å². The van der Waals surface area contributed by atoms with Crippen LogP contribution in [0.1, 0.15) is 26.0 Å². The van der Waals surface area contributed by atoms with Gasteiger partial charge in [0, 0.05) is 25.8 Å². The molecule has 1 aromatic heterocycles. The minimum Gasteiger partial charge on any atom is -0.374 e. The molecule has 6 nitrogen and oxygen atoms in total. The number of hydrogen-bond donors (Lipinski definition) is 1. The fourth-order valence-corrected chi connectivity index (χ4v) is 2.61. The third-order valence-corrected chi connectivity index (χ3v) is 3.46. The second-order valence-electron chi connectivity index (χ2n) is 5.97. The maximum atomic E-state index is 5.83. The number of hydrogen-bond acceptors (Lipinski definition) is 5. The molecule has 20 heavy (non-hydrogen) atoms. The van der Waals surface area contributed by atoms with Crippen LogP contribution in [0.2, 0.25) is 0 Å². The third kappa shape index (κ3) is 4.85. The number of ether oxygens (including phenoxy) is 1. The topological polar surface area (TPSA) is 69.2 Å². The summed E-state index contributed by atoms with van der Waals surface area (Å²) in [7, 11) is 0. The van der Waals surface area contributed by atoms with Crippen molar-refractivity contribution in [3.05, 3.63) is 11.9 Å². The molecule has 1 unspecified atom stereocenters. The Morgan fingerprint density at radius 2 is 2.35 bits per heavy atom. The molecule has 2 heterocycles. The summed E-state index contributed by atoms with van der Waals surface area (Å²) in [6.45, 7) is 9.96. The Morgan fingerprint density at radius 3 is 3.10 bits per heavy atom. The van der Waals surface area contributed by atoms with Crippen LogP contribution >= 0.6 is 0 Å². The number of nitrogens with zero attached hydrogens (tertiary/aromatic N) is 4. The zero-order valence-corrected chi connectivity index (χ0v) is 12.7. The summed E-state index contributed by atoms with van der Waals surface area (Å²) in [4.78, 5) is 2.48. The Morgan fingerprint density at radius 1 is 1.50 bits per heavy atom. The first-order valence-electron chi connectivity index (χ1n) is 7.60. The Labute approximate surface area is 121 Å². The lowest BCUT2D eigenvalue weighted by Crippen LogP contribution is -2.45. The fourth-order valence-electron chi connectivity index (χ4n) is 2.61. The van der Waals surface area contributed by atoms with Gasteiger partial charge in [-0.15, -0.1) is 5.10 Å². The van der Waals surface area contributed by atoms with Crippen LogP contribution in [0.4, 0.5) is 0 Å². The average Bonchev–Trinajstić information content (AvgIpc) is 2.83.